The fraction of sp³-hybridized carbons (Fsp3) is 0.0625. The number of carbonyl (C=O) groups excluding carboxylic acids is 2. The predicted molar refractivity (Wildman–Crippen MR) is 154 cm³/mol. The van der Waals surface area contributed by atoms with Gasteiger partial charge in [-0.1, -0.05) is 90.5 Å². The molecular weight excluding hydrogens is 528 g/mol. The van der Waals surface area contributed by atoms with Crippen molar-refractivity contribution in [2.75, 3.05) is 0 Å². The molecule has 5 aromatic rings. The van der Waals surface area contributed by atoms with Gasteiger partial charge in [0, 0.05) is 35.0 Å². The van der Waals surface area contributed by atoms with E-state index in [1.54, 1.807) is 30.3 Å². The van der Waals surface area contributed by atoms with Crippen LogP contribution in [0.4, 0.5) is 9.59 Å². The normalized spacial score (nSPS) is 10.5. The number of halogens is 1. The third kappa shape index (κ3) is 6.89. The first kappa shape index (κ1) is 26.6. The lowest BCUT2D eigenvalue weighted by atomic mass is 10.1. The minimum atomic E-state index is -0.674. The van der Waals surface area contributed by atoms with E-state index in [1.165, 1.54) is 6.07 Å². The summed E-state index contributed by atoms with van der Waals surface area (Å²) in [5.41, 5.74) is 1.84. The second-order valence-electron chi connectivity index (χ2n) is 8.76. The average Bonchev–Trinajstić information content (AvgIpc) is 2.98. The molecule has 0 aromatic heterocycles. The van der Waals surface area contributed by atoms with Crippen molar-refractivity contribution in [1.82, 2.24) is 10.6 Å². The Morgan fingerprint density at radius 3 is 1.75 bits per heavy atom. The minimum absolute atomic E-state index is 0.151. The molecule has 0 atom stereocenters. The van der Waals surface area contributed by atoms with E-state index in [1.807, 2.05) is 78.9 Å². The second kappa shape index (κ2) is 12.7. The summed E-state index contributed by atoms with van der Waals surface area (Å²) < 4.78 is 17.6. The van der Waals surface area contributed by atoms with Crippen molar-refractivity contribution in [1.29, 1.82) is 0 Å². The summed E-state index contributed by atoms with van der Waals surface area (Å²) in [6.07, 6.45) is -1.34. The van der Waals surface area contributed by atoms with Crippen LogP contribution in [0.3, 0.4) is 0 Å². The van der Waals surface area contributed by atoms with Crippen LogP contribution in [0.15, 0.2) is 115 Å². The molecule has 40 heavy (non-hydrogen) atoms. The quantitative estimate of drug-likeness (QED) is 0.205. The van der Waals surface area contributed by atoms with Crippen LogP contribution in [-0.2, 0) is 13.1 Å². The lowest BCUT2D eigenvalue weighted by molar-refractivity contribution is 0.197. The molecule has 0 unspecified atom stereocenters. The number of nitrogens with one attached hydrogen (secondary N) is 2. The molecule has 5 aromatic carbocycles. The maximum absolute atomic E-state index is 12.9. The molecule has 7 nitrogen and oxygen atoms in total. The molecule has 5 rings (SSSR count). The first-order valence-electron chi connectivity index (χ1n) is 12.5. The van der Waals surface area contributed by atoms with Gasteiger partial charge >= 0.3 is 12.2 Å². The number of ether oxygens (including phenoxy) is 3. The van der Waals surface area contributed by atoms with Crippen molar-refractivity contribution in [2.24, 2.45) is 0 Å². The second-order valence-corrected chi connectivity index (χ2v) is 9.20. The Morgan fingerprint density at radius 2 is 1.15 bits per heavy atom. The van der Waals surface area contributed by atoms with Crippen molar-refractivity contribution in [3.63, 3.8) is 0 Å². The highest BCUT2D eigenvalue weighted by molar-refractivity contribution is 6.31. The van der Waals surface area contributed by atoms with E-state index in [4.69, 9.17) is 25.8 Å². The third-order valence-electron chi connectivity index (χ3n) is 5.91. The van der Waals surface area contributed by atoms with E-state index in [2.05, 4.69) is 10.6 Å². The van der Waals surface area contributed by atoms with E-state index in [0.29, 0.717) is 21.5 Å². The van der Waals surface area contributed by atoms with Gasteiger partial charge < -0.3 is 24.8 Å². The van der Waals surface area contributed by atoms with Gasteiger partial charge in [0.15, 0.2) is 11.5 Å². The number of hydrogen-bond acceptors (Lipinski definition) is 5. The largest absolute Gasteiger partial charge is 0.453 e. The molecule has 8 heteroatoms. The number of carbonyl (C=O) groups is 2. The zero-order valence-corrected chi connectivity index (χ0v) is 22.1. The Labute approximate surface area is 236 Å². The van der Waals surface area contributed by atoms with Crippen LogP contribution in [0.5, 0.6) is 23.0 Å². The Balaban J connectivity index is 1.46. The number of amides is 2. The SMILES string of the molecule is O=C(NCc1ccccc1)Oc1cc(Oc2ccccc2)c(OC(=O)NCc2ccccc2)c2ccc(Cl)cc12. The average molecular weight is 553 g/mol. The summed E-state index contributed by atoms with van der Waals surface area (Å²) >= 11 is 6.31. The predicted octanol–water partition coefficient (Wildman–Crippen LogP) is 7.86. The highest BCUT2D eigenvalue weighted by Gasteiger charge is 2.21. The van der Waals surface area contributed by atoms with Gasteiger partial charge in [-0.05, 0) is 41.5 Å². The van der Waals surface area contributed by atoms with Crippen LogP contribution < -0.4 is 24.8 Å². The molecule has 2 N–H and O–H groups in total. The fourth-order valence-corrected chi connectivity index (χ4v) is 4.17. The van der Waals surface area contributed by atoms with Crippen LogP contribution in [0.25, 0.3) is 10.8 Å². The van der Waals surface area contributed by atoms with Gasteiger partial charge in [-0.3, -0.25) is 0 Å². The van der Waals surface area contributed by atoms with Crippen LogP contribution >= 0.6 is 11.6 Å². The number of benzene rings is 5. The van der Waals surface area contributed by atoms with Gasteiger partial charge in [0.25, 0.3) is 0 Å². The van der Waals surface area contributed by atoms with Crippen molar-refractivity contribution in [3.8, 4) is 23.0 Å². The van der Waals surface area contributed by atoms with E-state index >= 15 is 0 Å². The summed E-state index contributed by atoms with van der Waals surface area (Å²) in [6.45, 7) is 0.565. The number of fused-ring (bicyclic) bond motifs is 1. The van der Waals surface area contributed by atoms with Gasteiger partial charge in [0.2, 0.25) is 0 Å². The van der Waals surface area contributed by atoms with Gasteiger partial charge in [-0.25, -0.2) is 9.59 Å². The van der Waals surface area contributed by atoms with Crippen molar-refractivity contribution in [2.45, 2.75) is 13.1 Å². The molecule has 0 aliphatic rings. The molecule has 0 spiro atoms. The van der Waals surface area contributed by atoms with Gasteiger partial charge in [-0.15, -0.1) is 0 Å². The lowest BCUT2D eigenvalue weighted by Crippen LogP contribution is -2.27. The van der Waals surface area contributed by atoms with Gasteiger partial charge in [0.1, 0.15) is 11.5 Å². The Morgan fingerprint density at radius 1 is 0.600 bits per heavy atom. The molecule has 0 fully saturated rings. The maximum Gasteiger partial charge on any atom is 0.413 e. The molecular formula is C32H25ClN2O5. The van der Waals surface area contributed by atoms with E-state index in [9.17, 15) is 9.59 Å². The molecule has 0 saturated carbocycles. The van der Waals surface area contributed by atoms with Crippen molar-refractivity contribution < 1.29 is 23.8 Å². The highest BCUT2D eigenvalue weighted by atomic mass is 35.5. The van der Waals surface area contributed by atoms with E-state index in [0.717, 1.165) is 11.1 Å². The summed E-state index contributed by atoms with van der Waals surface area (Å²) in [5.74, 6) is 1.02. The van der Waals surface area contributed by atoms with Crippen LogP contribution in [0, 0.1) is 0 Å². The molecule has 0 radical (unpaired) electrons. The topological polar surface area (TPSA) is 85.9 Å². The standard InChI is InChI=1S/C32H25ClN2O5/c33-24-16-17-26-27(18-24)28(39-31(36)34-20-22-10-4-1-5-11-22)19-29(38-25-14-8-3-9-15-25)30(26)40-32(37)35-21-23-12-6-2-7-13-23/h1-19H,20-21H2,(H,34,36)(H,35,37). The summed E-state index contributed by atoms with van der Waals surface area (Å²) in [6, 6.07) is 34.5. The molecule has 0 heterocycles. The molecule has 0 aliphatic heterocycles. The van der Waals surface area contributed by atoms with Gasteiger partial charge in [0.05, 0.1) is 0 Å². The minimum Gasteiger partial charge on any atom is -0.453 e. The smallest absolute Gasteiger partial charge is 0.413 e. The first-order valence-corrected chi connectivity index (χ1v) is 12.9. The Hall–Kier alpha value is -5.01. The van der Waals surface area contributed by atoms with Crippen LogP contribution in [0.2, 0.25) is 5.02 Å². The van der Waals surface area contributed by atoms with Crippen LogP contribution in [-0.4, -0.2) is 12.2 Å². The highest BCUT2D eigenvalue weighted by Crippen LogP contribution is 2.44. The summed E-state index contributed by atoms with van der Waals surface area (Å²) in [4.78, 5) is 25.6. The number of hydrogen-bond donors (Lipinski definition) is 2. The Bertz CT molecular complexity index is 1610. The Kier molecular flexibility index (Phi) is 8.44. The van der Waals surface area contributed by atoms with E-state index < -0.39 is 12.2 Å². The zero-order valence-electron chi connectivity index (χ0n) is 21.3. The number of rotatable bonds is 8. The first-order chi connectivity index (χ1) is 19.5. The molecule has 200 valence electrons. The molecule has 0 bridgehead atoms. The zero-order chi connectivity index (χ0) is 27.7. The maximum atomic E-state index is 12.9. The third-order valence-corrected chi connectivity index (χ3v) is 6.14. The molecule has 0 saturated heterocycles. The van der Waals surface area contributed by atoms with Gasteiger partial charge in [-0.2, -0.15) is 0 Å². The summed E-state index contributed by atoms with van der Waals surface area (Å²) in [5, 5.41) is 6.85. The number of para-hydroxylation sites is 1. The molecule has 0 aliphatic carbocycles. The monoisotopic (exact) mass is 552 g/mol. The van der Waals surface area contributed by atoms with E-state index in [-0.39, 0.29) is 30.3 Å². The van der Waals surface area contributed by atoms with Crippen LogP contribution in [0.1, 0.15) is 11.1 Å². The van der Waals surface area contributed by atoms with Crippen molar-refractivity contribution >= 4 is 34.6 Å². The lowest BCUT2D eigenvalue weighted by Gasteiger charge is -2.17. The molecule has 2 amide bonds. The summed E-state index contributed by atoms with van der Waals surface area (Å²) in [7, 11) is 0. The van der Waals surface area contributed by atoms with Crippen molar-refractivity contribution in [3.05, 3.63) is 131 Å². The fourth-order valence-electron chi connectivity index (χ4n) is 4.00.